The van der Waals surface area contributed by atoms with E-state index in [0.717, 1.165) is 15.2 Å². The summed E-state index contributed by atoms with van der Waals surface area (Å²) in [5.41, 5.74) is -2.53. The summed E-state index contributed by atoms with van der Waals surface area (Å²) in [5, 5.41) is 2.48. The second-order valence-electron chi connectivity index (χ2n) is 8.36. The number of carbonyl (C=O) groups excluding carboxylic acids is 2. The van der Waals surface area contributed by atoms with E-state index in [1.807, 2.05) is 0 Å². The van der Waals surface area contributed by atoms with Gasteiger partial charge >= 0.3 is 11.9 Å². The molecule has 0 bridgehead atoms. The molecule has 4 aromatic rings. The molecule has 38 heavy (non-hydrogen) atoms. The molecule has 0 aromatic carbocycles. The molecule has 4 rings (SSSR count). The van der Waals surface area contributed by atoms with Gasteiger partial charge < -0.3 is 9.88 Å². The van der Waals surface area contributed by atoms with Gasteiger partial charge in [-0.2, -0.15) is 13.2 Å². The molecular weight excluding hydrogens is 509 g/mol. The minimum Gasteiger partial charge on any atom is -0.315 e. The fraction of sp³-hybridized carbons (Fsp3) is 0.304. The number of hydrogen-bond donors (Lipinski definition) is 1. The highest BCUT2D eigenvalue weighted by Crippen LogP contribution is 2.33. The zero-order valence-electron chi connectivity index (χ0n) is 20.4. The Bertz CT molecular complexity index is 1690. The van der Waals surface area contributed by atoms with Crippen LogP contribution < -0.4 is 16.6 Å². The van der Waals surface area contributed by atoms with E-state index < -0.39 is 42.0 Å². The number of halogens is 3. The van der Waals surface area contributed by atoms with Crippen LogP contribution in [0.1, 0.15) is 24.6 Å². The Labute approximate surface area is 211 Å². The predicted molar refractivity (Wildman–Crippen MR) is 128 cm³/mol. The van der Waals surface area contributed by atoms with Crippen molar-refractivity contribution in [3.05, 3.63) is 63.1 Å². The number of pyridine rings is 1. The van der Waals surface area contributed by atoms with E-state index in [1.165, 1.54) is 43.5 Å². The molecule has 4 heterocycles. The van der Waals surface area contributed by atoms with Crippen molar-refractivity contribution in [2.45, 2.75) is 39.5 Å². The number of hydrogen-bond acceptors (Lipinski definition) is 8. The van der Waals surface area contributed by atoms with Gasteiger partial charge in [0, 0.05) is 30.9 Å². The van der Waals surface area contributed by atoms with Crippen LogP contribution in [0.25, 0.3) is 22.4 Å². The monoisotopic (exact) mass is 530 g/mol. The number of Topliss-reactive ketones (excluding diaryl/α,β-unsaturated/α-hetero) is 1. The van der Waals surface area contributed by atoms with Crippen molar-refractivity contribution >= 4 is 28.7 Å². The highest BCUT2D eigenvalue weighted by atomic mass is 19.4. The minimum atomic E-state index is -4.61. The van der Waals surface area contributed by atoms with Crippen LogP contribution in [-0.4, -0.2) is 45.3 Å². The fourth-order valence-corrected chi connectivity index (χ4v) is 3.73. The number of ketones is 1. The number of aromatic nitrogens is 7. The van der Waals surface area contributed by atoms with Crippen molar-refractivity contribution in [2.75, 3.05) is 5.32 Å². The van der Waals surface area contributed by atoms with Gasteiger partial charge in [-0.05, 0) is 13.0 Å². The van der Waals surface area contributed by atoms with Gasteiger partial charge in [-0.15, -0.1) is 0 Å². The van der Waals surface area contributed by atoms with Crippen LogP contribution >= 0.6 is 0 Å². The van der Waals surface area contributed by atoms with Gasteiger partial charge in [-0.25, -0.2) is 14.8 Å². The zero-order valence-corrected chi connectivity index (χ0v) is 20.4. The SMILES string of the molecule is CCC(=O)Cn1c(=O)c2c(ncn2CC(=O)Nc2cncc(-c3cnc(C)c(C(F)(F)F)c3)n2)n(C)c1=O. The molecule has 15 heteroatoms. The third-order valence-corrected chi connectivity index (χ3v) is 5.73. The fourth-order valence-electron chi connectivity index (χ4n) is 3.73. The summed E-state index contributed by atoms with van der Waals surface area (Å²) in [5.74, 6) is -1.03. The molecule has 0 unspecified atom stereocenters. The first kappa shape index (κ1) is 26.4. The van der Waals surface area contributed by atoms with Gasteiger partial charge in [0.25, 0.3) is 5.56 Å². The van der Waals surface area contributed by atoms with Crippen LogP contribution in [-0.2, 0) is 35.9 Å². The molecule has 12 nitrogen and oxygen atoms in total. The molecule has 1 amide bonds. The number of imidazole rings is 1. The van der Waals surface area contributed by atoms with E-state index >= 15 is 0 Å². The van der Waals surface area contributed by atoms with Crippen LogP contribution in [0.2, 0.25) is 0 Å². The van der Waals surface area contributed by atoms with E-state index in [1.54, 1.807) is 6.92 Å². The lowest BCUT2D eigenvalue weighted by Crippen LogP contribution is -2.41. The molecule has 4 aromatic heterocycles. The van der Waals surface area contributed by atoms with Crippen molar-refractivity contribution < 1.29 is 22.8 Å². The average Bonchev–Trinajstić information content (AvgIpc) is 3.28. The number of anilines is 1. The number of aryl methyl sites for hydroxylation is 2. The van der Waals surface area contributed by atoms with Crippen LogP contribution in [0, 0.1) is 6.92 Å². The van der Waals surface area contributed by atoms with Gasteiger partial charge in [-0.3, -0.25) is 33.5 Å². The summed E-state index contributed by atoms with van der Waals surface area (Å²) in [6.07, 6.45) is 0.377. The predicted octanol–water partition coefficient (Wildman–Crippen LogP) is 1.69. The van der Waals surface area contributed by atoms with Gasteiger partial charge in [0.2, 0.25) is 5.91 Å². The van der Waals surface area contributed by atoms with Gasteiger partial charge in [-0.1, -0.05) is 6.92 Å². The Kier molecular flexibility index (Phi) is 6.93. The first-order valence-corrected chi connectivity index (χ1v) is 11.2. The van der Waals surface area contributed by atoms with Gasteiger partial charge in [0.15, 0.2) is 22.8 Å². The number of amides is 1. The summed E-state index contributed by atoms with van der Waals surface area (Å²) >= 11 is 0. The maximum Gasteiger partial charge on any atom is 0.418 e. The second kappa shape index (κ2) is 9.99. The van der Waals surface area contributed by atoms with Crippen molar-refractivity contribution in [1.82, 2.24) is 33.6 Å². The quantitative estimate of drug-likeness (QED) is 0.380. The Morgan fingerprint density at radius 2 is 1.82 bits per heavy atom. The molecule has 0 aliphatic heterocycles. The standard InChI is InChI=1S/C23H21F3N8O4/c1-4-14(35)9-34-21(37)19-20(32(3)22(34)38)29-11-33(19)10-18(36)31-17-8-27-7-16(30-17)13-5-15(23(24,25)26)12(2)28-6-13/h5-8,11H,4,9-10H2,1-3H3,(H,30,31,36). The zero-order chi connectivity index (χ0) is 27.8. The van der Waals surface area contributed by atoms with E-state index in [0.29, 0.717) is 0 Å². The summed E-state index contributed by atoms with van der Waals surface area (Å²) in [4.78, 5) is 66.1. The molecule has 0 aliphatic carbocycles. The van der Waals surface area contributed by atoms with E-state index in [4.69, 9.17) is 0 Å². The first-order valence-electron chi connectivity index (χ1n) is 11.2. The van der Waals surface area contributed by atoms with E-state index in [2.05, 4.69) is 25.3 Å². The lowest BCUT2D eigenvalue weighted by atomic mass is 10.1. The molecule has 0 atom stereocenters. The third-order valence-electron chi connectivity index (χ3n) is 5.73. The highest BCUT2D eigenvalue weighted by Gasteiger charge is 2.33. The lowest BCUT2D eigenvalue weighted by Gasteiger charge is -2.12. The largest absolute Gasteiger partial charge is 0.418 e. The van der Waals surface area contributed by atoms with E-state index in [9.17, 15) is 32.3 Å². The molecule has 0 saturated heterocycles. The summed E-state index contributed by atoms with van der Waals surface area (Å²) in [6, 6.07) is 0.897. The third kappa shape index (κ3) is 5.07. The van der Waals surface area contributed by atoms with E-state index in [-0.39, 0.29) is 46.1 Å². The number of alkyl halides is 3. The number of carbonyl (C=O) groups is 2. The maximum atomic E-state index is 13.3. The highest BCUT2D eigenvalue weighted by molar-refractivity contribution is 5.90. The lowest BCUT2D eigenvalue weighted by molar-refractivity contribution is -0.138. The van der Waals surface area contributed by atoms with Gasteiger partial charge in [0.05, 0.1) is 36.5 Å². The van der Waals surface area contributed by atoms with Crippen LogP contribution in [0.4, 0.5) is 19.0 Å². The van der Waals surface area contributed by atoms with Crippen LogP contribution in [0.15, 0.2) is 40.6 Å². The average molecular weight is 530 g/mol. The number of nitrogens with one attached hydrogen (secondary N) is 1. The molecule has 0 fully saturated rings. The normalized spacial score (nSPS) is 11.6. The van der Waals surface area contributed by atoms with Crippen molar-refractivity contribution in [2.24, 2.45) is 7.05 Å². The minimum absolute atomic E-state index is 0.0297. The molecule has 1 N–H and O–H groups in total. The number of nitrogens with zero attached hydrogens (tertiary/aromatic N) is 7. The summed E-state index contributed by atoms with van der Waals surface area (Å²) in [6.45, 7) is 2.01. The number of fused-ring (bicyclic) bond motifs is 1. The maximum absolute atomic E-state index is 13.3. The Morgan fingerprint density at radius 3 is 2.50 bits per heavy atom. The Hall–Kier alpha value is -4.69. The first-order chi connectivity index (χ1) is 17.9. The smallest absolute Gasteiger partial charge is 0.315 e. The molecular formula is C23H21F3N8O4. The van der Waals surface area contributed by atoms with Crippen molar-refractivity contribution in [3.8, 4) is 11.3 Å². The summed E-state index contributed by atoms with van der Waals surface area (Å²) in [7, 11) is 1.39. The second-order valence-corrected chi connectivity index (χ2v) is 8.36. The number of rotatable bonds is 7. The van der Waals surface area contributed by atoms with Crippen molar-refractivity contribution in [3.63, 3.8) is 0 Å². The van der Waals surface area contributed by atoms with Crippen molar-refractivity contribution in [1.29, 1.82) is 0 Å². The molecule has 0 radical (unpaired) electrons. The molecule has 0 saturated carbocycles. The Morgan fingerprint density at radius 1 is 1.08 bits per heavy atom. The molecule has 198 valence electrons. The molecule has 0 aliphatic rings. The Balaban J connectivity index is 1.61. The topological polar surface area (TPSA) is 147 Å². The van der Waals surface area contributed by atoms with Crippen LogP contribution in [0.3, 0.4) is 0 Å². The van der Waals surface area contributed by atoms with Gasteiger partial charge in [0.1, 0.15) is 6.54 Å². The molecule has 0 spiro atoms. The summed E-state index contributed by atoms with van der Waals surface area (Å²) < 4.78 is 42.9. The van der Waals surface area contributed by atoms with Crippen LogP contribution in [0.5, 0.6) is 0 Å².